The second-order valence-corrected chi connectivity index (χ2v) is 6.21. The van der Waals surface area contributed by atoms with Crippen molar-refractivity contribution in [2.45, 2.75) is 45.2 Å². The molecule has 2 heterocycles. The third-order valence-corrected chi connectivity index (χ3v) is 4.82. The molecule has 19 heavy (non-hydrogen) atoms. The number of thiazole rings is 1. The Morgan fingerprint density at radius 3 is 2.89 bits per heavy atom. The van der Waals surface area contributed by atoms with E-state index in [9.17, 15) is 0 Å². The van der Waals surface area contributed by atoms with Gasteiger partial charge in [-0.1, -0.05) is 6.42 Å². The zero-order chi connectivity index (χ0) is 13.2. The van der Waals surface area contributed by atoms with E-state index in [0.29, 0.717) is 0 Å². The molecule has 5 heteroatoms. The van der Waals surface area contributed by atoms with Crippen LogP contribution in [0.15, 0.2) is 11.6 Å². The van der Waals surface area contributed by atoms with Gasteiger partial charge in [0.25, 0.3) is 0 Å². The number of nitrogens with zero attached hydrogens (tertiary/aromatic N) is 3. The van der Waals surface area contributed by atoms with E-state index in [-0.39, 0.29) is 0 Å². The summed E-state index contributed by atoms with van der Waals surface area (Å²) in [4.78, 5) is 4.73. The third-order valence-electron chi connectivity index (χ3n) is 3.76. The van der Waals surface area contributed by atoms with Crippen LogP contribution in [0.1, 0.15) is 47.1 Å². The Balaban J connectivity index is 1.51. The van der Waals surface area contributed by atoms with Crippen molar-refractivity contribution in [3.8, 4) is 0 Å². The Bertz CT molecular complexity index is 554. The topological polar surface area (TPSA) is 42.7 Å². The standard InChI is InChI=1S/C14H20N4S/c1-10-12(8-18(2)17-10)6-15-7-13-9-19-14(16-13)11-4-3-5-11/h8-9,11,15H,3-7H2,1-2H3. The number of aryl methyl sites for hydroxylation is 2. The van der Waals surface area contributed by atoms with Crippen LogP contribution >= 0.6 is 11.3 Å². The molecule has 1 fully saturated rings. The highest BCUT2D eigenvalue weighted by Crippen LogP contribution is 2.37. The van der Waals surface area contributed by atoms with Gasteiger partial charge in [-0.05, 0) is 19.8 Å². The van der Waals surface area contributed by atoms with Crippen LogP contribution in [0.2, 0.25) is 0 Å². The monoisotopic (exact) mass is 276 g/mol. The van der Waals surface area contributed by atoms with Crippen LogP contribution in [-0.4, -0.2) is 14.8 Å². The lowest BCUT2D eigenvalue weighted by atomic mass is 9.86. The summed E-state index contributed by atoms with van der Waals surface area (Å²) in [5.41, 5.74) is 3.54. The minimum atomic E-state index is 0.749. The molecule has 0 aromatic carbocycles. The van der Waals surface area contributed by atoms with Gasteiger partial charge < -0.3 is 5.32 Å². The molecule has 0 atom stereocenters. The normalized spacial score (nSPS) is 15.7. The highest BCUT2D eigenvalue weighted by molar-refractivity contribution is 7.09. The van der Waals surface area contributed by atoms with E-state index in [1.165, 1.54) is 35.5 Å². The quantitative estimate of drug-likeness (QED) is 0.913. The zero-order valence-corrected chi connectivity index (χ0v) is 12.3. The third kappa shape index (κ3) is 2.87. The summed E-state index contributed by atoms with van der Waals surface area (Å²) < 4.78 is 1.86. The van der Waals surface area contributed by atoms with Gasteiger partial charge in [0.15, 0.2) is 0 Å². The molecule has 102 valence electrons. The van der Waals surface area contributed by atoms with Crippen LogP contribution in [0.5, 0.6) is 0 Å². The first-order chi connectivity index (χ1) is 9.22. The maximum Gasteiger partial charge on any atom is 0.0959 e. The number of hydrogen-bond acceptors (Lipinski definition) is 4. The Labute approximate surface area is 117 Å². The van der Waals surface area contributed by atoms with Gasteiger partial charge in [-0.15, -0.1) is 11.3 Å². The van der Waals surface area contributed by atoms with Gasteiger partial charge in [-0.2, -0.15) is 5.10 Å². The second kappa shape index (κ2) is 5.43. The fraction of sp³-hybridized carbons (Fsp3) is 0.571. The number of hydrogen-bond donors (Lipinski definition) is 1. The fourth-order valence-electron chi connectivity index (χ4n) is 2.39. The van der Waals surface area contributed by atoms with E-state index in [0.717, 1.165) is 24.7 Å². The molecule has 1 aliphatic rings. The van der Waals surface area contributed by atoms with Crippen LogP contribution in [0, 0.1) is 6.92 Å². The molecular weight excluding hydrogens is 256 g/mol. The molecule has 0 radical (unpaired) electrons. The van der Waals surface area contributed by atoms with Gasteiger partial charge in [0.05, 0.1) is 16.4 Å². The average Bonchev–Trinajstić information content (AvgIpc) is 2.85. The summed E-state index contributed by atoms with van der Waals surface area (Å²) in [6.07, 6.45) is 6.10. The smallest absolute Gasteiger partial charge is 0.0959 e. The van der Waals surface area contributed by atoms with Crippen molar-refractivity contribution >= 4 is 11.3 Å². The van der Waals surface area contributed by atoms with Crippen molar-refractivity contribution in [3.05, 3.63) is 33.5 Å². The van der Waals surface area contributed by atoms with Gasteiger partial charge in [0.1, 0.15) is 0 Å². The molecule has 1 saturated carbocycles. The maximum atomic E-state index is 4.73. The summed E-state index contributed by atoms with van der Waals surface area (Å²) in [6, 6.07) is 0. The molecule has 4 nitrogen and oxygen atoms in total. The maximum absolute atomic E-state index is 4.73. The molecule has 0 aliphatic heterocycles. The summed E-state index contributed by atoms with van der Waals surface area (Å²) in [5.74, 6) is 0.749. The van der Waals surface area contributed by atoms with Crippen LogP contribution in [0.4, 0.5) is 0 Å². The van der Waals surface area contributed by atoms with E-state index < -0.39 is 0 Å². The van der Waals surface area contributed by atoms with Gasteiger partial charge >= 0.3 is 0 Å². The highest BCUT2D eigenvalue weighted by atomic mass is 32.1. The molecule has 0 bridgehead atoms. The first kappa shape index (κ1) is 12.8. The van der Waals surface area contributed by atoms with Crippen molar-refractivity contribution < 1.29 is 0 Å². The van der Waals surface area contributed by atoms with E-state index >= 15 is 0 Å². The fourth-order valence-corrected chi connectivity index (χ4v) is 3.38. The molecule has 1 aliphatic carbocycles. The molecule has 2 aromatic heterocycles. The van der Waals surface area contributed by atoms with E-state index in [1.54, 1.807) is 0 Å². The van der Waals surface area contributed by atoms with E-state index in [4.69, 9.17) is 4.98 Å². The predicted octanol–water partition coefficient (Wildman–Crippen LogP) is 2.74. The first-order valence-electron chi connectivity index (χ1n) is 6.86. The lowest BCUT2D eigenvalue weighted by Gasteiger charge is -2.22. The summed E-state index contributed by atoms with van der Waals surface area (Å²) in [7, 11) is 1.96. The Hall–Kier alpha value is -1.20. The van der Waals surface area contributed by atoms with Crippen molar-refractivity contribution in [2.24, 2.45) is 7.05 Å². The van der Waals surface area contributed by atoms with Gasteiger partial charge in [-0.25, -0.2) is 4.98 Å². The van der Waals surface area contributed by atoms with Gasteiger partial charge in [-0.3, -0.25) is 4.68 Å². The van der Waals surface area contributed by atoms with E-state index in [1.807, 2.05) is 23.1 Å². The van der Waals surface area contributed by atoms with Crippen LogP contribution in [0.25, 0.3) is 0 Å². The van der Waals surface area contributed by atoms with Crippen molar-refractivity contribution in [2.75, 3.05) is 0 Å². The van der Waals surface area contributed by atoms with Gasteiger partial charge in [0.2, 0.25) is 0 Å². The molecule has 0 spiro atoms. The van der Waals surface area contributed by atoms with Crippen molar-refractivity contribution in [3.63, 3.8) is 0 Å². The zero-order valence-electron chi connectivity index (χ0n) is 11.5. The summed E-state index contributed by atoms with van der Waals surface area (Å²) in [5, 5.41) is 11.3. The number of aromatic nitrogens is 3. The SMILES string of the molecule is Cc1nn(C)cc1CNCc1csc(C2CCC2)n1. The molecule has 3 rings (SSSR count). The lowest BCUT2D eigenvalue weighted by Crippen LogP contribution is -2.14. The van der Waals surface area contributed by atoms with Crippen LogP contribution in [-0.2, 0) is 20.1 Å². The predicted molar refractivity (Wildman–Crippen MR) is 77.2 cm³/mol. The molecule has 1 N–H and O–H groups in total. The molecule has 0 unspecified atom stereocenters. The lowest BCUT2D eigenvalue weighted by molar-refractivity contribution is 0.417. The second-order valence-electron chi connectivity index (χ2n) is 5.32. The minimum Gasteiger partial charge on any atom is -0.307 e. The summed E-state index contributed by atoms with van der Waals surface area (Å²) >= 11 is 1.82. The Morgan fingerprint density at radius 2 is 2.26 bits per heavy atom. The molecule has 2 aromatic rings. The largest absolute Gasteiger partial charge is 0.307 e. The molecule has 0 saturated heterocycles. The average molecular weight is 276 g/mol. The van der Waals surface area contributed by atoms with Crippen LogP contribution in [0.3, 0.4) is 0 Å². The molecular formula is C14H20N4S. The minimum absolute atomic E-state index is 0.749. The first-order valence-corrected chi connectivity index (χ1v) is 7.74. The van der Waals surface area contributed by atoms with Crippen molar-refractivity contribution in [1.82, 2.24) is 20.1 Å². The van der Waals surface area contributed by atoms with Gasteiger partial charge in [0, 0.05) is 43.2 Å². The highest BCUT2D eigenvalue weighted by Gasteiger charge is 2.22. The molecule has 0 amide bonds. The van der Waals surface area contributed by atoms with Crippen molar-refractivity contribution in [1.29, 1.82) is 0 Å². The Kier molecular flexibility index (Phi) is 3.66. The van der Waals surface area contributed by atoms with Crippen LogP contribution < -0.4 is 5.32 Å². The van der Waals surface area contributed by atoms with E-state index in [2.05, 4.69) is 28.9 Å². The number of nitrogens with one attached hydrogen (secondary N) is 1. The Morgan fingerprint density at radius 1 is 1.42 bits per heavy atom. The summed E-state index contributed by atoms with van der Waals surface area (Å²) in [6.45, 7) is 3.75. The number of rotatable bonds is 5.